The zero-order valence-electron chi connectivity index (χ0n) is 24.2. The van der Waals surface area contributed by atoms with Crippen molar-refractivity contribution in [3.63, 3.8) is 0 Å². The molecule has 1 radical (unpaired) electrons. The van der Waals surface area contributed by atoms with Crippen LogP contribution in [0.15, 0.2) is 102 Å². The van der Waals surface area contributed by atoms with Gasteiger partial charge in [0, 0.05) is 22.2 Å². The van der Waals surface area contributed by atoms with Crippen molar-refractivity contribution in [2.75, 3.05) is 7.11 Å². The minimum absolute atomic E-state index is 0.177. The molecule has 0 aromatic heterocycles. The van der Waals surface area contributed by atoms with Gasteiger partial charge in [0.1, 0.15) is 25.6 Å². The van der Waals surface area contributed by atoms with Crippen LogP contribution in [0.25, 0.3) is 0 Å². The van der Waals surface area contributed by atoms with E-state index in [-0.39, 0.29) is 24.5 Å². The summed E-state index contributed by atoms with van der Waals surface area (Å²) in [6.45, 7) is 0.135. The smallest absolute Gasteiger partial charge is 0.419 e. The van der Waals surface area contributed by atoms with E-state index >= 15 is 0 Å². The van der Waals surface area contributed by atoms with Gasteiger partial charge in [-0.05, 0) is 59.2 Å². The molecule has 235 valence electrons. The molecule has 0 N–H and O–H groups in total. The molecule has 46 heavy (non-hydrogen) atoms. The number of carbonyl (C=O) groups excluding carboxylic acids is 4. The first-order valence-electron chi connectivity index (χ1n) is 13.4. The lowest BCUT2D eigenvalue weighted by atomic mass is 9.89. The van der Waals surface area contributed by atoms with Gasteiger partial charge in [0.15, 0.2) is 0 Å². The molecule has 0 aliphatic rings. The molecular formula is C33H25BrNO11. The standard InChI is InChI=1S/C33H25BrNO11/c1-42-27-16-10-24(11-17-27)18-43-30(37)28-4-2-3-5-29(28)33(46-21-36,31(38)44-19-22-6-12-25(34)13-7-22)32(39)45-20-23-8-14-26(15-9-23)35(40)41/h2-17H,18-20H2,1H3. The molecule has 0 heterocycles. The summed E-state index contributed by atoms with van der Waals surface area (Å²) in [5.41, 5.74) is -2.36. The summed E-state index contributed by atoms with van der Waals surface area (Å²) in [5, 5.41) is 11.0. The third-order valence-corrected chi connectivity index (χ3v) is 7.15. The Hall–Kier alpha value is -5.56. The number of hydrogen-bond donors (Lipinski definition) is 0. The van der Waals surface area contributed by atoms with Gasteiger partial charge >= 0.3 is 30.0 Å². The molecular weight excluding hydrogens is 666 g/mol. The normalized spacial score (nSPS) is 11.8. The first-order chi connectivity index (χ1) is 22.2. The number of esters is 3. The summed E-state index contributed by atoms with van der Waals surface area (Å²) in [4.78, 5) is 63.2. The van der Waals surface area contributed by atoms with E-state index in [0.717, 1.165) is 10.9 Å². The second-order valence-corrected chi connectivity index (χ2v) is 10.5. The molecule has 1 atom stereocenters. The zero-order valence-corrected chi connectivity index (χ0v) is 25.8. The van der Waals surface area contributed by atoms with Crippen molar-refractivity contribution in [2.45, 2.75) is 25.4 Å². The van der Waals surface area contributed by atoms with Gasteiger partial charge < -0.3 is 23.7 Å². The van der Waals surface area contributed by atoms with Crippen LogP contribution in [0.2, 0.25) is 0 Å². The van der Waals surface area contributed by atoms with Gasteiger partial charge in [-0.15, -0.1) is 0 Å². The van der Waals surface area contributed by atoms with Crippen molar-refractivity contribution < 1.29 is 47.8 Å². The largest absolute Gasteiger partial charge is 0.497 e. The van der Waals surface area contributed by atoms with Crippen molar-refractivity contribution in [2.24, 2.45) is 0 Å². The van der Waals surface area contributed by atoms with E-state index in [1.165, 1.54) is 55.6 Å². The van der Waals surface area contributed by atoms with Gasteiger partial charge in [-0.25, -0.2) is 19.2 Å². The number of nitro benzene ring substituents is 1. The fourth-order valence-electron chi connectivity index (χ4n) is 4.22. The zero-order chi connectivity index (χ0) is 33.1. The van der Waals surface area contributed by atoms with Crippen LogP contribution in [0.4, 0.5) is 5.69 Å². The Morgan fingerprint density at radius 1 is 0.761 bits per heavy atom. The molecule has 4 aromatic carbocycles. The SMILES string of the molecule is COc1ccc(COC(=O)c2ccccc2C(O[C]=O)(C(=O)OCc2ccc(Br)cc2)C(=O)OCc2ccc([N+](=O)[O-])cc2)cc1. The average Bonchev–Trinajstić information content (AvgIpc) is 3.08. The van der Waals surface area contributed by atoms with E-state index in [2.05, 4.69) is 15.9 Å². The minimum atomic E-state index is -2.95. The fraction of sp³-hybridized carbons (Fsp3) is 0.152. The highest BCUT2D eigenvalue weighted by molar-refractivity contribution is 9.10. The Kier molecular flexibility index (Phi) is 11.2. The average molecular weight is 691 g/mol. The molecule has 4 rings (SSSR count). The lowest BCUT2D eigenvalue weighted by Gasteiger charge is -2.28. The number of nitro groups is 1. The van der Waals surface area contributed by atoms with Crippen LogP contribution in [-0.4, -0.2) is 36.4 Å². The molecule has 0 amide bonds. The first-order valence-corrected chi connectivity index (χ1v) is 14.2. The van der Waals surface area contributed by atoms with Crippen LogP contribution in [0.3, 0.4) is 0 Å². The Balaban J connectivity index is 1.68. The number of non-ortho nitro benzene ring substituents is 1. The van der Waals surface area contributed by atoms with Crippen molar-refractivity contribution in [1.82, 2.24) is 0 Å². The maximum absolute atomic E-state index is 13.8. The molecule has 0 fully saturated rings. The van der Waals surface area contributed by atoms with Gasteiger partial charge in [-0.2, -0.15) is 0 Å². The quantitative estimate of drug-likeness (QED) is 0.0542. The summed E-state index contributed by atoms with van der Waals surface area (Å²) in [6, 6.07) is 23.9. The Morgan fingerprint density at radius 3 is 1.78 bits per heavy atom. The summed E-state index contributed by atoms with van der Waals surface area (Å²) < 4.78 is 27.3. The van der Waals surface area contributed by atoms with Crippen LogP contribution in [-0.2, 0) is 58.8 Å². The molecule has 0 aliphatic heterocycles. The maximum atomic E-state index is 13.8. The van der Waals surface area contributed by atoms with Crippen molar-refractivity contribution in [3.8, 4) is 5.75 Å². The third kappa shape index (κ3) is 7.93. The molecule has 4 aromatic rings. The van der Waals surface area contributed by atoms with Crippen molar-refractivity contribution >= 4 is 46.0 Å². The number of nitrogens with zero attached hydrogens (tertiary/aromatic N) is 1. The van der Waals surface area contributed by atoms with Crippen molar-refractivity contribution in [3.05, 3.63) is 139 Å². The van der Waals surface area contributed by atoms with Crippen LogP contribution < -0.4 is 4.74 Å². The first kappa shape index (κ1) is 33.3. The van der Waals surface area contributed by atoms with E-state index < -0.39 is 40.6 Å². The van der Waals surface area contributed by atoms with E-state index in [9.17, 15) is 29.3 Å². The van der Waals surface area contributed by atoms with E-state index in [1.54, 1.807) is 48.5 Å². The number of hydrogen-bond acceptors (Lipinski definition) is 11. The lowest BCUT2D eigenvalue weighted by Crippen LogP contribution is -2.49. The molecule has 1 unspecified atom stereocenters. The van der Waals surface area contributed by atoms with Gasteiger partial charge in [-0.1, -0.05) is 58.4 Å². The summed E-state index contributed by atoms with van der Waals surface area (Å²) in [7, 11) is 1.51. The van der Waals surface area contributed by atoms with Crippen LogP contribution in [0.1, 0.15) is 32.6 Å². The number of halogens is 1. The topological polar surface area (TPSA) is 158 Å². The molecule has 13 heteroatoms. The molecule has 0 saturated heterocycles. The second-order valence-electron chi connectivity index (χ2n) is 9.54. The predicted octanol–water partition coefficient (Wildman–Crippen LogP) is 5.49. The number of benzene rings is 4. The van der Waals surface area contributed by atoms with Gasteiger partial charge in [0.05, 0.1) is 17.6 Å². The summed E-state index contributed by atoms with van der Waals surface area (Å²) in [5.74, 6) is -3.14. The van der Waals surface area contributed by atoms with Crippen LogP contribution in [0, 0.1) is 10.1 Å². The van der Waals surface area contributed by atoms with Gasteiger partial charge in [0.2, 0.25) is 0 Å². The highest BCUT2D eigenvalue weighted by atomic mass is 79.9. The number of rotatable bonds is 14. The number of carbonyl (C=O) groups is 3. The molecule has 0 bridgehead atoms. The Morgan fingerprint density at radius 2 is 1.26 bits per heavy atom. The second kappa shape index (κ2) is 15.4. The third-order valence-electron chi connectivity index (χ3n) is 6.63. The Labute approximate surface area is 271 Å². The number of methoxy groups -OCH3 is 1. The molecule has 0 saturated carbocycles. The maximum Gasteiger partial charge on any atom is 0.419 e. The monoisotopic (exact) mass is 690 g/mol. The lowest BCUT2D eigenvalue weighted by molar-refractivity contribution is -0.384. The molecule has 0 aliphatic carbocycles. The van der Waals surface area contributed by atoms with Crippen LogP contribution in [0.5, 0.6) is 5.75 Å². The van der Waals surface area contributed by atoms with E-state index in [0.29, 0.717) is 22.4 Å². The van der Waals surface area contributed by atoms with Crippen molar-refractivity contribution in [1.29, 1.82) is 0 Å². The highest BCUT2D eigenvalue weighted by Crippen LogP contribution is 2.33. The molecule has 12 nitrogen and oxygen atoms in total. The van der Waals surface area contributed by atoms with Gasteiger partial charge in [-0.3, -0.25) is 10.1 Å². The van der Waals surface area contributed by atoms with Gasteiger partial charge in [0.25, 0.3) is 5.69 Å². The highest BCUT2D eigenvalue weighted by Gasteiger charge is 2.56. The van der Waals surface area contributed by atoms with E-state index in [4.69, 9.17) is 23.7 Å². The predicted molar refractivity (Wildman–Crippen MR) is 164 cm³/mol. The summed E-state index contributed by atoms with van der Waals surface area (Å²) in [6.07, 6.45) is 0. The fourth-order valence-corrected chi connectivity index (χ4v) is 4.48. The van der Waals surface area contributed by atoms with E-state index in [1.807, 2.05) is 0 Å². The number of ether oxygens (including phenoxy) is 5. The Bertz CT molecular complexity index is 1710. The minimum Gasteiger partial charge on any atom is -0.497 e. The summed E-state index contributed by atoms with van der Waals surface area (Å²) >= 11 is 3.32. The van der Waals surface area contributed by atoms with Crippen LogP contribution >= 0.6 is 15.9 Å². The molecule has 0 spiro atoms.